The molecule has 1 aliphatic carbocycles. The lowest BCUT2D eigenvalue weighted by atomic mass is 10.0. The van der Waals surface area contributed by atoms with Crippen molar-refractivity contribution < 1.29 is 9.84 Å². The summed E-state index contributed by atoms with van der Waals surface area (Å²) in [6.45, 7) is 0.409. The molecule has 0 unspecified atom stereocenters. The van der Waals surface area contributed by atoms with Crippen LogP contribution < -0.4 is 10.1 Å². The van der Waals surface area contributed by atoms with Gasteiger partial charge in [-0.3, -0.25) is 0 Å². The highest BCUT2D eigenvalue weighted by Gasteiger charge is 2.31. The van der Waals surface area contributed by atoms with Crippen LogP contribution >= 0.6 is 0 Å². The molecule has 0 amide bonds. The molecule has 2 N–H and O–H groups in total. The zero-order valence-electron chi connectivity index (χ0n) is 9.70. The molecule has 0 spiro atoms. The summed E-state index contributed by atoms with van der Waals surface area (Å²) in [4.78, 5) is 0. The minimum absolute atomic E-state index is 0.409. The van der Waals surface area contributed by atoms with Crippen molar-refractivity contribution in [3.8, 4) is 5.75 Å². The van der Waals surface area contributed by atoms with Gasteiger partial charge in [-0.1, -0.05) is 12.8 Å². The summed E-state index contributed by atoms with van der Waals surface area (Å²) in [5.41, 5.74) is 0.466. The summed E-state index contributed by atoms with van der Waals surface area (Å²) in [5.74, 6) is 0.819. The lowest BCUT2D eigenvalue weighted by Gasteiger charge is -2.22. The maximum Gasteiger partial charge on any atom is 0.119 e. The van der Waals surface area contributed by atoms with Gasteiger partial charge in [0.2, 0.25) is 0 Å². The van der Waals surface area contributed by atoms with Crippen molar-refractivity contribution in [3.63, 3.8) is 0 Å². The van der Waals surface area contributed by atoms with Crippen LogP contribution in [0.15, 0.2) is 24.3 Å². The second-order valence-corrected chi connectivity index (χ2v) is 4.49. The van der Waals surface area contributed by atoms with Gasteiger partial charge in [-0.2, -0.15) is 0 Å². The molecular formula is C13H19NO2. The molecule has 0 aliphatic heterocycles. The number of ether oxygens (including phenoxy) is 1. The normalized spacial score (nSPS) is 18.4. The smallest absolute Gasteiger partial charge is 0.119 e. The summed E-state index contributed by atoms with van der Waals surface area (Å²) in [5, 5.41) is 13.2. The first-order valence-corrected chi connectivity index (χ1v) is 5.85. The van der Waals surface area contributed by atoms with Gasteiger partial charge in [0.05, 0.1) is 5.60 Å². The fraction of sp³-hybridized carbons (Fsp3) is 0.538. The highest BCUT2D eigenvalue weighted by Crippen LogP contribution is 2.30. The molecule has 16 heavy (non-hydrogen) atoms. The second kappa shape index (κ2) is 4.74. The number of hydrogen-bond acceptors (Lipinski definition) is 3. The molecule has 1 saturated carbocycles. The van der Waals surface area contributed by atoms with Crippen LogP contribution in [-0.2, 0) is 0 Å². The number of rotatable bonds is 4. The fourth-order valence-corrected chi connectivity index (χ4v) is 2.11. The Hall–Kier alpha value is -1.22. The molecular weight excluding hydrogens is 202 g/mol. The Bertz CT molecular complexity index is 328. The standard InChI is InChI=1S/C13H19NO2/c1-14-11-4-6-12(7-5-11)16-10-13(15)8-2-3-9-13/h4-7,14-15H,2-3,8-10H2,1H3. The van der Waals surface area contributed by atoms with Crippen molar-refractivity contribution in [1.82, 2.24) is 0 Å². The summed E-state index contributed by atoms with van der Waals surface area (Å²) in [6.07, 6.45) is 3.94. The molecule has 2 rings (SSSR count). The number of aliphatic hydroxyl groups is 1. The maximum atomic E-state index is 10.1. The molecule has 0 radical (unpaired) electrons. The SMILES string of the molecule is CNc1ccc(OCC2(O)CCCC2)cc1. The first-order chi connectivity index (χ1) is 7.72. The Kier molecular flexibility index (Phi) is 3.34. The van der Waals surface area contributed by atoms with E-state index in [1.54, 1.807) is 0 Å². The van der Waals surface area contributed by atoms with Crippen molar-refractivity contribution >= 4 is 5.69 Å². The predicted molar refractivity (Wildman–Crippen MR) is 64.9 cm³/mol. The molecule has 0 saturated heterocycles. The Morgan fingerprint density at radius 1 is 1.25 bits per heavy atom. The average Bonchev–Trinajstić information content (AvgIpc) is 2.75. The van der Waals surface area contributed by atoms with Crippen molar-refractivity contribution in [2.24, 2.45) is 0 Å². The Morgan fingerprint density at radius 2 is 1.88 bits per heavy atom. The third-order valence-electron chi connectivity index (χ3n) is 3.18. The summed E-state index contributed by atoms with van der Waals surface area (Å²) >= 11 is 0. The van der Waals surface area contributed by atoms with E-state index < -0.39 is 5.60 Å². The quantitative estimate of drug-likeness (QED) is 0.820. The third-order valence-corrected chi connectivity index (χ3v) is 3.18. The Labute approximate surface area is 96.4 Å². The van der Waals surface area contributed by atoms with Crippen LogP contribution in [-0.4, -0.2) is 24.4 Å². The number of benzene rings is 1. The van der Waals surface area contributed by atoms with Gasteiger partial charge in [-0.15, -0.1) is 0 Å². The van der Waals surface area contributed by atoms with E-state index in [-0.39, 0.29) is 0 Å². The van der Waals surface area contributed by atoms with E-state index in [4.69, 9.17) is 4.74 Å². The summed E-state index contributed by atoms with van der Waals surface area (Å²) in [7, 11) is 1.89. The lowest BCUT2D eigenvalue weighted by molar-refractivity contribution is 0.00141. The van der Waals surface area contributed by atoms with Gasteiger partial charge < -0.3 is 15.2 Å². The monoisotopic (exact) mass is 221 g/mol. The van der Waals surface area contributed by atoms with Crippen LogP contribution in [0, 0.1) is 0 Å². The van der Waals surface area contributed by atoms with Crippen LogP contribution in [0.5, 0.6) is 5.75 Å². The third kappa shape index (κ3) is 2.67. The van der Waals surface area contributed by atoms with E-state index >= 15 is 0 Å². The minimum Gasteiger partial charge on any atom is -0.491 e. The van der Waals surface area contributed by atoms with Crippen LogP contribution in [0.2, 0.25) is 0 Å². The predicted octanol–water partition coefficient (Wildman–Crippen LogP) is 2.41. The van der Waals surface area contributed by atoms with Crippen molar-refractivity contribution in [1.29, 1.82) is 0 Å². The number of hydrogen-bond donors (Lipinski definition) is 2. The molecule has 88 valence electrons. The van der Waals surface area contributed by atoms with Gasteiger partial charge in [0.15, 0.2) is 0 Å². The van der Waals surface area contributed by atoms with E-state index in [9.17, 15) is 5.11 Å². The zero-order chi connectivity index (χ0) is 11.4. The van der Waals surface area contributed by atoms with Gasteiger partial charge >= 0.3 is 0 Å². The van der Waals surface area contributed by atoms with E-state index in [0.29, 0.717) is 6.61 Å². The molecule has 1 aromatic carbocycles. The first kappa shape index (κ1) is 11.3. The minimum atomic E-state index is -0.596. The largest absolute Gasteiger partial charge is 0.491 e. The van der Waals surface area contributed by atoms with E-state index in [1.807, 2.05) is 31.3 Å². The second-order valence-electron chi connectivity index (χ2n) is 4.49. The molecule has 0 atom stereocenters. The highest BCUT2D eigenvalue weighted by molar-refractivity contribution is 5.45. The first-order valence-electron chi connectivity index (χ1n) is 5.85. The lowest BCUT2D eigenvalue weighted by Crippen LogP contribution is -2.32. The Balaban J connectivity index is 1.89. The topological polar surface area (TPSA) is 41.5 Å². The van der Waals surface area contributed by atoms with Gasteiger partial charge in [0, 0.05) is 12.7 Å². The van der Waals surface area contributed by atoms with Gasteiger partial charge in [-0.25, -0.2) is 0 Å². The fourth-order valence-electron chi connectivity index (χ4n) is 2.11. The van der Waals surface area contributed by atoms with Gasteiger partial charge in [-0.05, 0) is 37.1 Å². The zero-order valence-corrected chi connectivity index (χ0v) is 9.70. The van der Waals surface area contributed by atoms with Crippen molar-refractivity contribution in [3.05, 3.63) is 24.3 Å². The summed E-state index contributed by atoms with van der Waals surface area (Å²) in [6, 6.07) is 7.77. The maximum absolute atomic E-state index is 10.1. The summed E-state index contributed by atoms with van der Waals surface area (Å²) < 4.78 is 5.61. The average molecular weight is 221 g/mol. The van der Waals surface area contributed by atoms with Crippen molar-refractivity contribution in [2.75, 3.05) is 19.0 Å². The molecule has 3 nitrogen and oxygen atoms in total. The number of nitrogens with one attached hydrogen (secondary N) is 1. The van der Waals surface area contributed by atoms with Crippen molar-refractivity contribution in [2.45, 2.75) is 31.3 Å². The molecule has 0 heterocycles. The molecule has 1 aliphatic rings. The molecule has 1 fully saturated rings. The Morgan fingerprint density at radius 3 is 2.44 bits per heavy atom. The van der Waals surface area contributed by atoms with E-state index in [1.165, 1.54) is 0 Å². The molecule has 0 bridgehead atoms. The molecule has 0 aromatic heterocycles. The van der Waals surface area contributed by atoms with E-state index in [0.717, 1.165) is 37.1 Å². The van der Waals surface area contributed by atoms with Crippen LogP contribution in [0.25, 0.3) is 0 Å². The van der Waals surface area contributed by atoms with Gasteiger partial charge in [0.1, 0.15) is 12.4 Å². The van der Waals surface area contributed by atoms with E-state index in [2.05, 4.69) is 5.32 Å². The van der Waals surface area contributed by atoms with Crippen LogP contribution in [0.1, 0.15) is 25.7 Å². The molecule has 1 aromatic rings. The van der Waals surface area contributed by atoms with Gasteiger partial charge in [0.25, 0.3) is 0 Å². The highest BCUT2D eigenvalue weighted by atomic mass is 16.5. The molecule has 3 heteroatoms. The van der Waals surface area contributed by atoms with Crippen LogP contribution in [0.4, 0.5) is 5.69 Å². The van der Waals surface area contributed by atoms with Crippen LogP contribution in [0.3, 0.4) is 0 Å². The number of anilines is 1.